The molecule has 0 atom stereocenters. The van der Waals surface area contributed by atoms with Gasteiger partial charge in [0.05, 0.1) is 5.56 Å². The molecule has 0 bridgehead atoms. The van der Waals surface area contributed by atoms with Crippen molar-refractivity contribution in [3.05, 3.63) is 64.4 Å². The van der Waals surface area contributed by atoms with E-state index in [2.05, 4.69) is 5.32 Å². The van der Waals surface area contributed by atoms with Crippen molar-refractivity contribution in [2.75, 3.05) is 5.32 Å². The van der Waals surface area contributed by atoms with Gasteiger partial charge in [-0.15, -0.1) is 0 Å². The Morgan fingerprint density at radius 1 is 1.26 bits per heavy atom. The number of carboxylic acids is 1. The number of hydrogen-bond acceptors (Lipinski definition) is 2. The van der Waals surface area contributed by atoms with Gasteiger partial charge in [0.25, 0.3) is 0 Å². The Hall–Kier alpha value is -2.07. The van der Waals surface area contributed by atoms with Gasteiger partial charge in [0, 0.05) is 22.8 Å². The Morgan fingerprint density at radius 2 is 2.00 bits per heavy atom. The third-order valence-corrected chi connectivity index (χ3v) is 2.87. The Bertz CT molecular complexity index is 616. The Labute approximate surface area is 114 Å². The van der Waals surface area contributed by atoms with E-state index in [9.17, 15) is 9.18 Å². The van der Waals surface area contributed by atoms with Crippen molar-refractivity contribution < 1.29 is 14.3 Å². The van der Waals surface area contributed by atoms with Crippen LogP contribution in [0.4, 0.5) is 10.1 Å². The zero-order valence-corrected chi connectivity index (χ0v) is 10.6. The molecule has 0 aliphatic carbocycles. The summed E-state index contributed by atoms with van der Waals surface area (Å²) in [5.74, 6) is -1.42. The number of hydrogen-bond donors (Lipinski definition) is 2. The van der Waals surface area contributed by atoms with Gasteiger partial charge in [-0.2, -0.15) is 0 Å². The predicted molar refractivity (Wildman–Crippen MR) is 72.1 cm³/mol. The number of rotatable bonds is 4. The maximum atomic E-state index is 13.5. The summed E-state index contributed by atoms with van der Waals surface area (Å²) >= 11 is 5.79. The van der Waals surface area contributed by atoms with Gasteiger partial charge < -0.3 is 10.4 Å². The fourth-order valence-electron chi connectivity index (χ4n) is 1.69. The molecule has 2 rings (SSSR count). The van der Waals surface area contributed by atoms with Crippen LogP contribution in [0.15, 0.2) is 42.5 Å². The molecule has 0 aliphatic rings. The lowest BCUT2D eigenvalue weighted by molar-refractivity contribution is 0.0698. The number of benzene rings is 2. The average molecular weight is 280 g/mol. The summed E-state index contributed by atoms with van der Waals surface area (Å²) in [6.07, 6.45) is 0. The van der Waals surface area contributed by atoms with Crippen LogP contribution in [0.25, 0.3) is 0 Å². The summed E-state index contributed by atoms with van der Waals surface area (Å²) in [4.78, 5) is 11.0. The molecule has 0 spiro atoms. The predicted octanol–water partition coefficient (Wildman–Crippen LogP) is 3.79. The number of para-hydroxylation sites is 1. The molecular weight excluding hydrogens is 269 g/mol. The SMILES string of the molecule is O=C(O)c1ccccc1NCc1cc(Cl)ccc1F. The van der Waals surface area contributed by atoms with E-state index >= 15 is 0 Å². The maximum absolute atomic E-state index is 13.5. The molecule has 0 saturated heterocycles. The fraction of sp³-hybridized carbons (Fsp3) is 0.0714. The number of carbonyl (C=O) groups is 1. The minimum atomic E-state index is -1.03. The van der Waals surface area contributed by atoms with Crippen molar-refractivity contribution in [1.82, 2.24) is 0 Å². The molecule has 98 valence electrons. The van der Waals surface area contributed by atoms with Crippen LogP contribution in [0.2, 0.25) is 5.02 Å². The molecule has 19 heavy (non-hydrogen) atoms. The number of carboxylic acid groups (broad SMARTS) is 1. The van der Waals surface area contributed by atoms with Gasteiger partial charge in [-0.3, -0.25) is 0 Å². The lowest BCUT2D eigenvalue weighted by atomic mass is 10.1. The normalized spacial score (nSPS) is 10.2. The molecule has 3 nitrogen and oxygen atoms in total. The number of aromatic carboxylic acids is 1. The molecule has 2 N–H and O–H groups in total. The molecule has 0 unspecified atom stereocenters. The highest BCUT2D eigenvalue weighted by Gasteiger charge is 2.09. The van der Waals surface area contributed by atoms with E-state index < -0.39 is 5.97 Å². The van der Waals surface area contributed by atoms with Crippen LogP contribution in [0, 0.1) is 5.82 Å². The largest absolute Gasteiger partial charge is 0.478 e. The quantitative estimate of drug-likeness (QED) is 0.895. The van der Waals surface area contributed by atoms with Crippen LogP contribution in [-0.2, 0) is 6.54 Å². The van der Waals surface area contributed by atoms with E-state index in [0.717, 1.165) is 0 Å². The molecule has 0 amide bonds. The van der Waals surface area contributed by atoms with Crippen LogP contribution < -0.4 is 5.32 Å². The van der Waals surface area contributed by atoms with Crippen molar-refractivity contribution >= 4 is 23.3 Å². The average Bonchev–Trinajstić information content (AvgIpc) is 2.40. The van der Waals surface area contributed by atoms with Gasteiger partial charge in [0.2, 0.25) is 0 Å². The molecule has 0 aliphatic heterocycles. The van der Waals surface area contributed by atoms with Gasteiger partial charge in [-0.05, 0) is 30.3 Å². The zero-order chi connectivity index (χ0) is 13.8. The van der Waals surface area contributed by atoms with Gasteiger partial charge >= 0.3 is 5.97 Å². The molecule has 2 aromatic rings. The van der Waals surface area contributed by atoms with Crippen LogP contribution in [0.1, 0.15) is 15.9 Å². The third-order valence-electron chi connectivity index (χ3n) is 2.63. The van der Waals surface area contributed by atoms with Crippen molar-refractivity contribution in [3.63, 3.8) is 0 Å². The second kappa shape index (κ2) is 5.71. The second-order valence-corrected chi connectivity index (χ2v) is 4.38. The first-order valence-electron chi connectivity index (χ1n) is 5.58. The summed E-state index contributed by atoms with van der Waals surface area (Å²) < 4.78 is 13.5. The molecule has 0 radical (unpaired) electrons. The highest BCUT2D eigenvalue weighted by molar-refractivity contribution is 6.30. The number of anilines is 1. The summed E-state index contributed by atoms with van der Waals surface area (Å²) in [6, 6.07) is 10.7. The van der Waals surface area contributed by atoms with Crippen LogP contribution in [-0.4, -0.2) is 11.1 Å². The van der Waals surface area contributed by atoms with Gasteiger partial charge in [0.15, 0.2) is 0 Å². The van der Waals surface area contributed by atoms with Crippen LogP contribution in [0.5, 0.6) is 0 Å². The highest BCUT2D eigenvalue weighted by Crippen LogP contribution is 2.19. The lowest BCUT2D eigenvalue weighted by Gasteiger charge is -2.10. The minimum absolute atomic E-state index is 0.143. The van der Waals surface area contributed by atoms with Crippen LogP contribution in [0.3, 0.4) is 0 Å². The first-order valence-corrected chi connectivity index (χ1v) is 5.96. The zero-order valence-electron chi connectivity index (χ0n) is 9.86. The van der Waals surface area contributed by atoms with E-state index in [1.54, 1.807) is 18.2 Å². The Morgan fingerprint density at radius 3 is 2.74 bits per heavy atom. The number of halogens is 2. The van der Waals surface area contributed by atoms with Gasteiger partial charge in [-0.1, -0.05) is 23.7 Å². The van der Waals surface area contributed by atoms with Crippen molar-refractivity contribution in [3.8, 4) is 0 Å². The Balaban J connectivity index is 2.19. The molecule has 2 aromatic carbocycles. The Kier molecular flexibility index (Phi) is 4.02. The lowest BCUT2D eigenvalue weighted by Crippen LogP contribution is -2.07. The maximum Gasteiger partial charge on any atom is 0.337 e. The summed E-state index contributed by atoms with van der Waals surface area (Å²) in [5, 5.41) is 12.4. The van der Waals surface area contributed by atoms with E-state index in [0.29, 0.717) is 16.3 Å². The fourth-order valence-corrected chi connectivity index (χ4v) is 1.89. The van der Waals surface area contributed by atoms with Crippen molar-refractivity contribution in [2.24, 2.45) is 0 Å². The first kappa shape index (κ1) is 13.4. The second-order valence-electron chi connectivity index (χ2n) is 3.94. The highest BCUT2D eigenvalue weighted by atomic mass is 35.5. The van der Waals surface area contributed by atoms with E-state index in [1.165, 1.54) is 24.3 Å². The molecular formula is C14H11ClFNO2. The molecule has 0 fully saturated rings. The summed E-state index contributed by atoms with van der Waals surface area (Å²) in [7, 11) is 0. The molecule has 0 saturated carbocycles. The standard InChI is InChI=1S/C14H11ClFNO2/c15-10-5-6-12(16)9(7-10)8-17-13-4-2-1-3-11(13)14(18)19/h1-7,17H,8H2,(H,18,19). The summed E-state index contributed by atoms with van der Waals surface area (Å²) in [5.41, 5.74) is 0.965. The van der Waals surface area contributed by atoms with Gasteiger partial charge in [0.1, 0.15) is 5.82 Å². The number of nitrogens with one attached hydrogen (secondary N) is 1. The first-order chi connectivity index (χ1) is 9.08. The van der Waals surface area contributed by atoms with Crippen molar-refractivity contribution in [1.29, 1.82) is 0 Å². The van der Waals surface area contributed by atoms with E-state index in [-0.39, 0.29) is 17.9 Å². The minimum Gasteiger partial charge on any atom is -0.478 e. The third kappa shape index (κ3) is 3.23. The smallest absolute Gasteiger partial charge is 0.337 e. The monoisotopic (exact) mass is 279 g/mol. The molecule has 0 aromatic heterocycles. The topological polar surface area (TPSA) is 49.3 Å². The van der Waals surface area contributed by atoms with E-state index in [1.807, 2.05) is 0 Å². The van der Waals surface area contributed by atoms with E-state index in [4.69, 9.17) is 16.7 Å². The molecule has 0 heterocycles. The van der Waals surface area contributed by atoms with Crippen molar-refractivity contribution in [2.45, 2.75) is 6.54 Å². The summed E-state index contributed by atoms with van der Waals surface area (Å²) in [6.45, 7) is 0.163. The molecule has 5 heteroatoms. The van der Waals surface area contributed by atoms with Gasteiger partial charge in [-0.25, -0.2) is 9.18 Å². The van der Waals surface area contributed by atoms with Crippen LogP contribution >= 0.6 is 11.6 Å².